The standard InChI is InChI=1S/C12H16OSi/c1-14(2,3)9-8-11-4-6-12(10-13)7-5-11/h4-7,13H,10H2,1-3H3/i10D2. The van der Waals surface area contributed by atoms with E-state index < -0.39 is 14.6 Å². The van der Waals surface area contributed by atoms with Gasteiger partial charge in [0.25, 0.3) is 0 Å². The summed E-state index contributed by atoms with van der Waals surface area (Å²) in [5, 5.41) is 9.14. The second kappa shape index (κ2) is 4.45. The zero-order valence-electron chi connectivity index (χ0n) is 10.8. The molecule has 0 aliphatic heterocycles. The normalized spacial score (nSPS) is 13.7. The van der Waals surface area contributed by atoms with Crippen molar-refractivity contribution in [2.45, 2.75) is 26.2 Å². The smallest absolute Gasteiger partial charge is 0.129 e. The number of hydrogen-bond acceptors (Lipinski definition) is 1. The SMILES string of the molecule is [2H]C([2H])(O)c1ccc(C#C[Si](C)(C)C)cc1. The minimum Gasteiger partial charge on any atom is -0.392 e. The lowest BCUT2D eigenvalue weighted by molar-refractivity contribution is 0.282. The highest BCUT2D eigenvalue weighted by atomic mass is 28.3. The van der Waals surface area contributed by atoms with Crippen LogP contribution in [-0.4, -0.2) is 13.2 Å². The summed E-state index contributed by atoms with van der Waals surface area (Å²) in [6.07, 6.45) is 0. The van der Waals surface area contributed by atoms with Gasteiger partial charge in [0.05, 0.1) is 9.30 Å². The van der Waals surface area contributed by atoms with Gasteiger partial charge in [-0.05, 0) is 17.7 Å². The van der Waals surface area contributed by atoms with Crippen molar-refractivity contribution in [2.75, 3.05) is 0 Å². The number of aliphatic hydroxyl groups is 1. The minimum atomic E-state index is -2.27. The molecule has 1 aromatic rings. The van der Waals surface area contributed by atoms with E-state index in [-0.39, 0.29) is 5.56 Å². The maximum atomic E-state index is 9.14. The molecule has 0 bridgehead atoms. The Balaban J connectivity index is 2.91. The number of hydrogen-bond donors (Lipinski definition) is 1. The zero-order chi connectivity index (χ0) is 12.4. The largest absolute Gasteiger partial charge is 0.392 e. The Hall–Kier alpha value is -1.04. The van der Waals surface area contributed by atoms with Crippen molar-refractivity contribution in [3.63, 3.8) is 0 Å². The predicted octanol–water partition coefficient (Wildman–Crippen LogP) is 2.41. The van der Waals surface area contributed by atoms with Crippen molar-refractivity contribution in [3.05, 3.63) is 35.4 Å². The minimum absolute atomic E-state index is 0.256. The van der Waals surface area contributed by atoms with Gasteiger partial charge in [-0.2, -0.15) is 0 Å². The first-order valence-corrected chi connectivity index (χ1v) is 8.04. The van der Waals surface area contributed by atoms with Crippen molar-refractivity contribution < 1.29 is 7.85 Å². The molecule has 14 heavy (non-hydrogen) atoms. The Labute approximate surface area is 89.6 Å². The molecule has 1 rings (SSSR count). The van der Waals surface area contributed by atoms with E-state index >= 15 is 0 Å². The number of benzene rings is 1. The molecule has 0 saturated heterocycles. The highest BCUT2D eigenvalue weighted by Gasteiger charge is 2.07. The summed E-state index contributed by atoms with van der Waals surface area (Å²) in [6, 6.07) is 6.59. The summed E-state index contributed by atoms with van der Waals surface area (Å²) in [5.74, 6) is 3.07. The summed E-state index contributed by atoms with van der Waals surface area (Å²) in [6.45, 7) is 4.23. The van der Waals surface area contributed by atoms with Crippen LogP contribution in [0.3, 0.4) is 0 Å². The van der Waals surface area contributed by atoms with Gasteiger partial charge in [0.1, 0.15) is 8.07 Å². The molecule has 1 aromatic carbocycles. The van der Waals surface area contributed by atoms with Gasteiger partial charge in [-0.3, -0.25) is 0 Å². The van der Waals surface area contributed by atoms with Gasteiger partial charge in [-0.15, -0.1) is 5.54 Å². The summed E-state index contributed by atoms with van der Waals surface area (Å²) in [7, 11) is -1.37. The van der Waals surface area contributed by atoms with Crippen LogP contribution >= 0.6 is 0 Å². The van der Waals surface area contributed by atoms with E-state index in [0.29, 0.717) is 0 Å². The quantitative estimate of drug-likeness (QED) is 0.552. The molecule has 0 radical (unpaired) electrons. The first-order valence-electron chi connectivity index (χ1n) is 5.54. The van der Waals surface area contributed by atoms with Crippen molar-refractivity contribution in [1.82, 2.24) is 0 Å². The van der Waals surface area contributed by atoms with Crippen molar-refractivity contribution >= 4 is 8.07 Å². The Morgan fingerprint density at radius 1 is 1.29 bits per heavy atom. The van der Waals surface area contributed by atoms with Crippen LogP contribution in [0, 0.1) is 11.5 Å². The zero-order valence-corrected chi connectivity index (χ0v) is 9.76. The van der Waals surface area contributed by atoms with Gasteiger partial charge in [0.2, 0.25) is 0 Å². The second-order valence-electron chi connectivity index (χ2n) is 4.19. The molecular formula is C12H16OSi. The third kappa shape index (κ3) is 3.78. The third-order valence-electron chi connectivity index (χ3n) is 1.60. The lowest BCUT2D eigenvalue weighted by Gasteiger charge is -2.03. The van der Waals surface area contributed by atoms with E-state index in [1.807, 2.05) is 0 Å². The van der Waals surface area contributed by atoms with E-state index in [1.165, 1.54) is 0 Å². The van der Waals surface area contributed by atoms with E-state index in [4.69, 9.17) is 7.85 Å². The molecule has 74 valence electrons. The van der Waals surface area contributed by atoms with E-state index in [1.54, 1.807) is 24.3 Å². The molecule has 0 aliphatic carbocycles. The van der Waals surface area contributed by atoms with Gasteiger partial charge >= 0.3 is 0 Å². The highest BCUT2D eigenvalue weighted by molar-refractivity contribution is 6.83. The molecule has 2 heteroatoms. The maximum Gasteiger partial charge on any atom is 0.129 e. The lowest BCUT2D eigenvalue weighted by Crippen LogP contribution is -2.16. The molecule has 0 fully saturated rings. The summed E-state index contributed by atoms with van der Waals surface area (Å²) in [5.41, 5.74) is 4.34. The van der Waals surface area contributed by atoms with Crippen LogP contribution in [-0.2, 0) is 6.56 Å². The Morgan fingerprint density at radius 3 is 2.29 bits per heavy atom. The third-order valence-corrected chi connectivity index (χ3v) is 2.47. The van der Waals surface area contributed by atoms with Crippen LogP contribution in [0.25, 0.3) is 0 Å². The second-order valence-corrected chi connectivity index (χ2v) is 8.94. The fourth-order valence-corrected chi connectivity index (χ4v) is 1.41. The average molecular weight is 206 g/mol. The van der Waals surface area contributed by atoms with Gasteiger partial charge < -0.3 is 5.11 Å². The van der Waals surface area contributed by atoms with E-state index in [9.17, 15) is 0 Å². The van der Waals surface area contributed by atoms with E-state index in [0.717, 1.165) is 5.56 Å². The summed E-state index contributed by atoms with van der Waals surface area (Å²) < 4.78 is 14.3. The van der Waals surface area contributed by atoms with Crippen LogP contribution in [0.15, 0.2) is 24.3 Å². The molecule has 1 N–H and O–H groups in total. The van der Waals surface area contributed by atoms with Crippen molar-refractivity contribution in [2.24, 2.45) is 0 Å². The van der Waals surface area contributed by atoms with Gasteiger partial charge in [0.15, 0.2) is 0 Å². The fraction of sp³-hybridized carbons (Fsp3) is 0.333. The first-order chi connectivity index (χ1) is 7.18. The molecule has 0 atom stereocenters. The highest BCUT2D eigenvalue weighted by Crippen LogP contribution is 2.04. The molecule has 0 unspecified atom stereocenters. The maximum absolute atomic E-state index is 9.14. The van der Waals surface area contributed by atoms with Crippen molar-refractivity contribution in [1.29, 1.82) is 0 Å². The molecule has 0 heterocycles. The lowest BCUT2D eigenvalue weighted by atomic mass is 10.1. The van der Waals surface area contributed by atoms with Crippen LogP contribution < -0.4 is 0 Å². The van der Waals surface area contributed by atoms with Crippen molar-refractivity contribution in [3.8, 4) is 11.5 Å². The van der Waals surface area contributed by atoms with Gasteiger partial charge in [-0.25, -0.2) is 0 Å². The average Bonchev–Trinajstić information content (AvgIpc) is 2.13. The molecule has 0 aromatic heterocycles. The fourth-order valence-electron chi connectivity index (χ4n) is 0.888. The molecule has 0 saturated carbocycles. The van der Waals surface area contributed by atoms with Crippen LogP contribution in [0.5, 0.6) is 0 Å². The molecular weight excluding hydrogens is 188 g/mol. The number of rotatable bonds is 1. The summed E-state index contributed by atoms with van der Waals surface area (Å²) in [4.78, 5) is 0. The Kier molecular flexibility index (Phi) is 2.63. The predicted molar refractivity (Wildman–Crippen MR) is 62.6 cm³/mol. The monoisotopic (exact) mass is 206 g/mol. The Morgan fingerprint density at radius 2 is 1.86 bits per heavy atom. The molecule has 1 nitrogen and oxygen atoms in total. The topological polar surface area (TPSA) is 20.2 Å². The summed E-state index contributed by atoms with van der Waals surface area (Å²) >= 11 is 0. The van der Waals surface area contributed by atoms with E-state index in [2.05, 4.69) is 31.1 Å². The van der Waals surface area contributed by atoms with Crippen LogP contribution in [0.2, 0.25) is 19.6 Å². The van der Waals surface area contributed by atoms with Gasteiger partial charge in [0, 0.05) is 5.56 Å². The van der Waals surface area contributed by atoms with Crippen LogP contribution in [0.4, 0.5) is 0 Å². The Bertz CT molecular complexity index is 416. The molecule has 0 spiro atoms. The first kappa shape index (κ1) is 8.28. The molecule has 0 amide bonds. The van der Waals surface area contributed by atoms with Gasteiger partial charge in [-0.1, -0.05) is 37.7 Å². The molecule has 0 aliphatic rings. The van der Waals surface area contributed by atoms with Crippen LogP contribution in [0.1, 0.15) is 13.9 Å².